The van der Waals surface area contributed by atoms with Gasteiger partial charge in [-0.05, 0) is 37.1 Å². The molecule has 7 nitrogen and oxygen atoms in total. The topological polar surface area (TPSA) is 75.7 Å². The van der Waals surface area contributed by atoms with Gasteiger partial charge in [0.15, 0.2) is 11.5 Å². The number of nitrogens with one attached hydrogen (secondary N) is 1. The fourth-order valence-corrected chi connectivity index (χ4v) is 3.84. The zero-order chi connectivity index (χ0) is 19.8. The minimum atomic E-state index is -0.214. The highest BCUT2D eigenvalue weighted by Gasteiger charge is 2.27. The fraction of sp³-hybridized carbons (Fsp3) is 0.227. The molecule has 0 saturated carbocycles. The molecule has 0 aliphatic carbocycles. The van der Waals surface area contributed by atoms with Crippen LogP contribution in [0.15, 0.2) is 65.7 Å². The summed E-state index contributed by atoms with van der Waals surface area (Å²) in [6.45, 7) is 3.55. The summed E-state index contributed by atoms with van der Waals surface area (Å²) in [5.74, 6) is 1.19. The van der Waals surface area contributed by atoms with E-state index in [0.717, 1.165) is 35.4 Å². The molecular weight excluding hydrogens is 366 g/mol. The molecular formula is C22H21N5O2. The molecule has 1 atom stereocenters. The summed E-state index contributed by atoms with van der Waals surface area (Å²) in [7, 11) is 0. The van der Waals surface area contributed by atoms with E-state index in [4.69, 9.17) is 4.42 Å². The Morgan fingerprint density at radius 2 is 2.10 bits per heavy atom. The number of aromatic nitrogens is 3. The predicted octanol–water partition coefficient (Wildman–Crippen LogP) is 3.31. The highest BCUT2D eigenvalue weighted by Crippen LogP contribution is 2.24. The standard InChI is InChI=1S/C22H21N5O2/c1-15-5-2-3-6-17(15)22-25-18(14-29-22)21(28)24-16-8-11-27(13-16)20-19-7-4-10-26(19)12-9-23-20/h2-7,9-10,12,14,16H,8,11,13H2,1H3,(H,24,28). The minimum Gasteiger partial charge on any atom is -0.444 e. The average Bonchev–Trinajstić information content (AvgIpc) is 3.48. The zero-order valence-corrected chi connectivity index (χ0v) is 16.1. The van der Waals surface area contributed by atoms with Gasteiger partial charge in [-0.2, -0.15) is 0 Å². The molecule has 5 rings (SSSR count). The number of carbonyl (C=O) groups is 1. The van der Waals surface area contributed by atoms with Crippen molar-refractivity contribution in [2.45, 2.75) is 19.4 Å². The highest BCUT2D eigenvalue weighted by atomic mass is 16.3. The van der Waals surface area contributed by atoms with Crippen molar-refractivity contribution in [3.05, 3.63) is 72.5 Å². The number of oxazole rings is 1. The number of fused-ring (bicyclic) bond motifs is 1. The van der Waals surface area contributed by atoms with Crippen LogP contribution >= 0.6 is 0 Å². The van der Waals surface area contributed by atoms with Gasteiger partial charge < -0.3 is 19.0 Å². The van der Waals surface area contributed by atoms with Crippen LogP contribution in [0.25, 0.3) is 17.0 Å². The van der Waals surface area contributed by atoms with Crippen molar-refractivity contribution in [3.8, 4) is 11.5 Å². The molecule has 7 heteroatoms. The molecule has 0 radical (unpaired) electrons. The van der Waals surface area contributed by atoms with Crippen LogP contribution in [0.1, 0.15) is 22.5 Å². The number of nitrogens with zero attached hydrogens (tertiary/aromatic N) is 4. The second-order valence-electron chi connectivity index (χ2n) is 7.31. The Kier molecular flexibility index (Phi) is 4.27. The summed E-state index contributed by atoms with van der Waals surface area (Å²) in [6, 6.07) is 11.9. The molecule has 1 aliphatic rings. The zero-order valence-electron chi connectivity index (χ0n) is 16.1. The molecule has 29 heavy (non-hydrogen) atoms. The third-order valence-corrected chi connectivity index (χ3v) is 5.37. The van der Waals surface area contributed by atoms with Crippen molar-refractivity contribution in [2.24, 2.45) is 0 Å². The molecule has 4 aromatic rings. The van der Waals surface area contributed by atoms with Crippen LogP contribution in [0.2, 0.25) is 0 Å². The summed E-state index contributed by atoms with van der Waals surface area (Å²) < 4.78 is 7.60. The summed E-state index contributed by atoms with van der Waals surface area (Å²) in [4.78, 5) is 23.8. The number of rotatable bonds is 4. The van der Waals surface area contributed by atoms with Crippen molar-refractivity contribution >= 4 is 17.2 Å². The lowest BCUT2D eigenvalue weighted by Crippen LogP contribution is -2.37. The SMILES string of the molecule is Cc1ccccc1-c1nc(C(=O)NC2CCN(c3nccn4cccc34)C2)co1. The largest absolute Gasteiger partial charge is 0.444 e. The Bertz CT molecular complexity index is 1180. The van der Waals surface area contributed by atoms with Gasteiger partial charge >= 0.3 is 0 Å². The van der Waals surface area contributed by atoms with Crippen LogP contribution in [0.5, 0.6) is 0 Å². The summed E-state index contributed by atoms with van der Waals surface area (Å²) >= 11 is 0. The highest BCUT2D eigenvalue weighted by molar-refractivity contribution is 5.92. The van der Waals surface area contributed by atoms with Gasteiger partial charge in [-0.3, -0.25) is 4.79 Å². The molecule has 146 valence electrons. The molecule has 1 amide bonds. The van der Waals surface area contributed by atoms with E-state index in [1.807, 2.05) is 49.6 Å². The third-order valence-electron chi connectivity index (χ3n) is 5.37. The van der Waals surface area contributed by atoms with Gasteiger partial charge in [0.25, 0.3) is 5.91 Å². The van der Waals surface area contributed by atoms with E-state index >= 15 is 0 Å². The fourth-order valence-electron chi connectivity index (χ4n) is 3.84. The van der Waals surface area contributed by atoms with Gasteiger partial charge in [-0.15, -0.1) is 0 Å². The smallest absolute Gasteiger partial charge is 0.273 e. The van der Waals surface area contributed by atoms with Crippen LogP contribution < -0.4 is 10.2 Å². The van der Waals surface area contributed by atoms with Gasteiger partial charge in [0.2, 0.25) is 5.89 Å². The first-order valence-electron chi connectivity index (χ1n) is 9.68. The number of anilines is 1. The van der Waals surface area contributed by atoms with Gasteiger partial charge in [0.05, 0.1) is 5.52 Å². The Balaban J connectivity index is 1.28. The predicted molar refractivity (Wildman–Crippen MR) is 110 cm³/mol. The Morgan fingerprint density at radius 1 is 1.21 bits per heavy atom. The number of hydrogen-bond acceptors (Lipinski definition) is 5. The van der Waals surface area contributed by atoms with E-state index < -0.39 is 0 Å². The maximum Gasteiger partial charge on any atom is 0.273 e. The lowest BCUT2D eigenvalue weighted by molar-refractivity contribution is 0.0935. The van der Waals surface area contributed by atoms with E-state index in [2.05, 4.69) is 30.7 Å². The Hall–Kier alpha value is -3.61. The first-order valence-corrected chi connectivity index (χ1v) is 9.68. The van der Waals surface area contributed by atoms with Gasteiger partial charge in [-0.1, -0.05) is 18.2 Å². The number of hydrogen-bond donors (Lipinski definition) is 1. The van der Waals surface area contributed by atoms with Crippen LogP contribution in [0, 0.1) is 6.92 Å². The van der Waals surface area contributed by atoms with Crippen LogP contribution in [-0.4, -0.2) is 39.4 Å². The molecule has 0 bridgehead atoms. The molecule has 0 spiro atoms. The van der Waals surface area contributed by atoms with E-state index in [0.29, 0.717) is 18.1 Å². The van der Waals surface area contributed by atoms with Gasteiger partial charge in [0, 0.05) is 43.3 Å². The lowest BCUT2D eigenvalue weighted by Gasteiger charge is -2.18. The van der Waals surface area contributed by atoms with Crippen LogP contribution in [0.4, 0.5) is 5.82 Å². The monoisotopic (exact) mass is 387 g/mol. The normalized spacial score (nSPS) is 16.4. The van der Waals surface area contributed by atoms with Gasteiger partial charge in [0.1, 0.15) is 6.26 Å². The number of amides is 1. The maximum atomic E-state index is 12.7. The van der Waals surface area contributed by atoms with Crippen molar-refractivity contribution in [1.29, 1.82) is 0 Å². The second kappa shape index (κ2) is 7.09. The molecule has 1 unspecified atom stereocenters. The average molecular weight is 387 g/mol. The number of benzene rings is 1. The number of carbonyl (C=O) groups excluding carboxylic acids is 1. The first-order chi connectivity index (χ1) is 14.2. The Morgan fingerprint density at radius 3 is 3.00 bits per heavy atom. The lowest BCUT2D eigenvalue weighted by atomic mass is 10.1. The van der Waals surface area contributed by atoms with Gasteiger partial charge in [-0.25, -0.2) is 9.97 Å². The van der Waals surface area contributed by atoms with Crippen molar-refractivity contribution in [2.75, 3.05) is 18.0 Å². The summed E-state index contributed by atoms with van der Waals surface area (Å²) in [6.07, 6.45) is 8.03. The van der Waals surface area contributed by atoms with Crippen LogP contribution in [-0.2, 0) is 0 Å². The minimum absolute atomic E-state index is 0.0399. The maximum absolute atomic E-state index is 12.7. The third kappa shape index (κ3) is 3.24. The second-order valence-corrected chi connectivity index (χ2v) is 7.31. The van der Waals surface area contributed by atoms with E-state index in [-0.39, 0.29) is 11.9 Å². The Labute approximate surface area is 168 Å². The summed E-state index contributed by atoms with van der Waals surface area (Å²) in [5.41, 5.74) is 3.32. The molecule has 1 aromatic carbocycles. The van der Waals surface area contributed by atoms with Crippen molar-refractivity contribution in [3.63, 3.8) is 0 Å². The quantitative estimate of drug-likeness (QED) is 0.581. The van der Waals surface area contributed by atoms with Crippen LogP contribution in [0.3, 0.4) is 0 Å². The number of aryl methyl sites for hydroxylation is 1. The molecule has 3 aromatic heterocycles. The van der Waals surface area contributed by atoms with E-state index in [9.17, 15) is 4.79 Å². The molecule has 4 heterocycles. The molecule has 1 fully saturated rings. The first kappa shape index (κ1) is 17.5. The van der Waals surface area contributed by atoms with E-state index in [1.54, 1.807) is 6.20 Å². The molecule has 1 N–H and O–H groups in total. The molecule has 1 saturated heterocycles. The summed E-state index contributed by atoms with van der Waals surface area (Å²) in [5, 5.41) is 3.08. The van der Waals surface area contributed by atoms with Crippen molar-refractivity contribution < 1.29 is 9.21 Å². The molecule has 1 aliphatic heterocycles. The van der Waals surface area contributed by atoms with E-state index in [1.165, 1.54) is 6.26 Å². The van der Waals surface area contributed by atoms with Crippen molar-refractivity contribution in [1.82, 2.24) is 19.7 Å².